The van der Waals surface area contributed by atoms with Crippen LogP contribution in [-0.2, 0) is 0 Å². The van der Waals surface area contributed by atoms with Gasteiger partial charge in [-0.1, -0.05) is 60.7 Å². The molecule has 0 heterocycles. The van der Waals surface area contributed by atoms with Gasteiger partial charge in [-0.05, 0) is 105 Å². The molecule has 0 saturated heterocycles. The monoisotopic (exact) mass is 612 g/mol. The van der Waals surface area contributed by atoms with Gasteiger partial charge in [-0.2, -0.15) is 0 Å². The number of hydrogen-bond acceptors (Lipinski definition) is 2. The fourth-order valence-electron chi connectivity index (χ4n) is 6.91. The van der Waals surface area contributed by atoms with Crippen molar-refractivity contribution < 1.29 is 9.59 Å². The van der Waals surface area contributed by atoms with Crippen molar-refractivity contribution in [1.29, 1.82) is 0 Å². The largest absolute Gasteiger partial charge is 0.289 e. The number of benzene rings is 7. The van der Waals surface area contributed by atoms with Crippen LogP contribution in [0.2, 0.25) is 0 Å². The van der Waals surface area contributed by atoms with E-state index < -0.39 is 0 Å². The van der Waals surface area contributed by atoms with Gasteiger partial charge in [0.1, 0.15) is 0 Å². The van der Waals surface area contributed by atoms with E-state index in [1.54, 1.807) is 0 Å². The standard InChI is InChI=1S/C34H14Br2O2/c35-26-14-13-25-31(32(26)36)22-10-7-18-17-6-5-16-15-3-1-2-4-21(15)33(37)23-11-8-19(27(17)29(16)23)20-9-12-24(34(25)38)30(22)28(18)20/h1-14H. The maximum atomic E-state index is 13.7. The van der Waals surface area contributed by atoms with Crippen LogP contribution in [0.4, 0.5) is 0 Å². The van der Waals surface area contributed by atoms with Crippen LogP contribution in [0.1, 0.15) is 31.8 Å². The lowest BCUT2D eigenvalue weighted by Gasteiger charge is -2.26. The Kier molecular flexibility index (Phi) is 3.87. The molecule has 0 saturated carbocycles. The number of carbonyl (C=O) groups excluding carboxylic acids is 2. The van der Waals surface area contributed by atoms with Crippen LogP contribution in [0.15, 0.2) is 93.9 Å². The smallest absolute Gasteiger partial charge is 0.194 e. The van der Waals surface area contributed by atoms with Gasteiger partial charge in [0.15, 0.2) is 11.6 Å². The SMILES string of the molecule is O=C1c2ccccc2-c2ccc3c4ccc5c6c(ccc(c7ccc1c2c73)c64)C(=O)c1ccc(Br)c(Br)c1-5. The number of halogens is 2. The normalized spacial score (nSPS) is 13.6. The molecule has 0 radical (unpaired) electrons. The van der Waals surface area contributed by atoms with Crippen LogP contribution in [0, 0.1) is 0 Å². The van der Waals surface area contributed by atoms with Gasteiger partial charge >= 0.3 is 0 Å². The molecular formula is C34H14Br2O2. The molecule has 0 N–H and O–H groups in total. The van der Waals surface area contributed by atoms with Crippen molar-refractivity contribution in [2.24, 2.45) is 0 Å². The minimum atomic E-state index is 0.0441. The van der Waals surface area contributed by atoms with Crippen molar-refractivity contribution in [3.8, 4) is 22.3 Å². The second kappa shape index (κ2) is 6.96. The summed E-state index contributed by atoms with van der Waals surface area (Å²) in [5.41, 5.74) is 7.03. The summed E-state index contributed by atoms with van der Waals surface area (Å²) in [6.07, 6.45) is 0. The van der Waals surface area contributed by atoms with Crippen molar-refractivity contribution >= 4 is 86.5 Å². The predicted molar refractivity (Wildman–Crippen MR) is 161 cm³/mol. The third-order valence-electron chi connectivity index (χ3n) is 8.46. The zero-order chi connectivity index (χ0) is 25.4. The van der Waals surface area contributed by atoms with Gasteiger partial charge in [-0.15, -0.1) is 0 Å². The van der Waals surface area contributed by atoms with E-state index in [4.69, 9.17) is 0 Å². The van der Waals surface area contributed by atoms with E-state index in [2.05, 4.69) is 68.3 Å². The summed E-state index contributed by atoms with van der Waals surface area (Å²) < 4.78 is 1.81. The molecule has 9 rings (SSSR count). The second-order valence-corrected chi connectivity index (χ2v) is 11.8. The molecule has 2 aliphatic carbocycles. The topological polar surface area (TPSA) is 34.1 Å². The molecule has 0 bridgehead atoms. The van der Waals surface area contributed by atoms with Crippen LogP contribution in [0.25, 0.3) is 65.3 Å². The maximum absolute atomic E-state index is 13.7. The summed E-state index contributed by atoms with van der Waals surface area (Å²) in [5.74, 6) is 0.119. The predicted octanol–water partition coefficient (Wildman–Crippen LogP) is 9.68. The number of carbonyl (C=O) groups is 2. The molecule has 0 aliphatic heterocycles. The molecule has 176 valence electrons. The van der Waals surface area contributed by atoms with Crippen LogP contribution >= 0.6 is 31.9 Å². The van der Waals surface area contributed by atoms with E-state index in [-0.39, 0.29) is 11.6 Å². The Morgan fingerprint density at radius 3 is 1.50 bits per heavy atom. The van der Waals surface area contributed by atoms with E-state index in [9.17, 15) is 9.59 Å². The highest BCUT2D eigenvalue weighted by Crippen LogP contribution is 2.51. The summed E-state index contributed by atoms with van der Waals surface area (Å²) in [5, 5.41) is 8.66. The summed E-state index contributed by atoms with van der Waals surface area (Å²) >= 11 is 7.38. The molecule has 0 aromatic heterocycles. The zero-order valence-corrected chi connectivity index (χ0v) is 22.8. The lowest BCUT2D eigenvalue weighted by molar-refractivity contribution is 0.103. The lowest BCUT2D eigenvalue weighted by Crippen LogP contribution is -2.12. The molecule has 4 heteroatoms. The number of rotatable bonds is 0. The highest BCUT2D eigenvalue weighted by Gasteiger charge is 2.31. The molecule has 0 atom stereocenters. The Morgan fingerprint density at radius 1 is 0.395 bits per heavy atom. The molecule has 7 aromatic rings. The number of ketones is 2. The summed E-state index contributed by atoms with van der Waals surface area (Å²) in [7, 11) is 0. The van der Waals surface area contributed by atoms with Gasteiger partial charge in [-0.25, -0.2) is 0 Å². The first-order chi connectivity index (χ1) is 18.5. The summed E-state index contributed by atoms with van der Waals surface area (Å²) in [6, 6.07) is 28.5. The van der Waals surface area contributed by atoms with Crippen LogP contribution in [-0.4, -0.2) is 11.6 Å². The molecule has 0 amide bonds. The van der Waals surface area contributed by atoms with Crippen molar-refractivity contribution in [3.05, 3.63) is 116 Å². The van der Waals surface area contributed by atoms with Crippen molar-refractivity contribution in [2.45, 2.75) is 0 Å². The Labute approximate surface area is 233 Å². The van der Waals surface area contributed by atoms with Crippen LogP contribution in [0.3, 0.4) is 0 Å². The van der Waals surface area contributed by atoms with Gasteiger partial charge in [0, 0.05) is 47.5 Å². The minimum Gasteiger partial charge on any atom is -0.289 e. The Hall–Kier alpha value is -3.86. The molecule has 2 nitrogen and oxygen atoms in total. The fourth-order valence-corrected chi connectivity index (χ4v) is 7.80. The van der Waals surface area contributed by atoms with Gasteiger partial charge in [0.2, 0.25) is 0 Å². The molecule has 0 unspecified atom stereocenters. The maximum Gasteiger partial charge on any atom is 0.194 e. The highest BCUT2D eigenvalue weighted by atomic mass is 79.9. The highest BCUT2D eigenvalue weighted by molar-refractivity contribution is 9.13. The average molecular weight is 614 g/mol. The molecule has 0 spiro atoms. The van der Waals surface area contributed by atoms with Gasteiger partial charge in [0.05, 0.1) is 0 Å². The molecule has 7 aromatic carbocycles. The Balaban J connectivity index is 1.52. The Bertz CT molecular complexity index is 2270. The average Bonchev–Trinajstić information content (AvgIpc) is 2.95. The fraction of sp³-hybridized carbons (Fsp3) is 0. The summed E-state index contributed by atoms with van der Waals surface area (Å²) in [6.45, 7) is 0. The van der Waals surface area contributed by atoms with Crippen molar-refractivity contribution in [3.63, 3.8) is 0 Å². The van der Waals surface area contributed by atoms with Gasteiger partial charge < -0.3 is 0 Å². The van der Waals surface area contributed by atoms with E-state index in [0.717, 1.165) is 91.0 Å². The van der Waals surface area contributed by atoms with E-state index in [1.165, 1.54) is 0 Å². The van der Waals surface area contributed by atoms with E-state index in [0.29, 0.717) is 5.56 Å². The third-order valence-corrected chi connectivity index (χ3v) is 10.5. The minimum absolute atomic E-state index is 0.0441. The zero-order valence-electron chi connectivity index (χ0n) is 19.7. The molecule has 2 aliphatic rings. The number of fused-ring (bicyclic) bond motifs is 6. The summed E-state index contributed by atoms with van der Waals surface area (Å²) in [4.78, 5) is 27.3. The molecule has 38 heavy (non-hydrogen) atoms. The first kappa shape index (κ1) is 21.1. The van der Waals surface area contributed by atoms with Crippen molar-refractivity contribution in [2.75, 3.05) is 0 Å². The van der Waals surface area contributed by atoms with E-state index >= 15 is 0 Å². The third kappa shape index (κ3) is 2.31. The van der Waals surface area contributed by atoms with Crippen LogP contribution in [0.5, 0.6) is 0 Å². The quantitative estimate of drug-likeness (QED) is 0.126. The Morgan fingerprint density at radius 2 is 0.868 bits per heavy atom. The van der Waals surface area contributed by atoms with Gasteiger partial charge in [0.25, 0.3) is 0 Å². The number of hydrogen-bond donors (Lipinski definition) is 0. The first-order valence-corrected chi connectivity index (χ1v) is 14.0. The van der Waals surface area contributed by atoms with Crippen LogP contribution < -0.4 is 0 Å². The van der Waals surface area contributed by atoms with Gasteiger partial charge in [-0.3, -0.25) is 9.59 Å². The van der Waals surface area contributed by atoms with Crippen molar-refractivity contribution in [1.82, 2.24) is 0 Å². The second-order valence-electron chi connectivity index (χ2n) is 10.1. The lowest BCUT2D eigenvalue weighted by atomic mass is 9.77. The molecule has 0 fully saturated rings. The molecular weight excluding hydrogens is 600 g/mol. The first-order valence-electron chi connectivity index (χ1n) is 12.4. The van der Waals surface area contributed by atoms with E-state index in [1.807, 2.05) is 48.5 Å².